The molecule has 136 valence electrons. The van der Waals surface area contributed by atoms with Gasteiger partial charge in [-0.2, -0.15) is 0 Å². The van der Waals surface area contributed by atoms with Crippen molar-refractivity contribution in [2.75, 3.05) is 13.1 Å². The Morgan fingerprint density at radius 1 is 1.32 bits per heavy atom. The molecule has 2 aromatic rings. The van der Waals surface area contributed by atoms with E-state index in [-0.39, 0.29) is 18.2 Å². The molecule has 1 aliphatic carbocycles. The van der Waals surface area contributed by atoms with Gasteiger partial charge in [0.15, 0.2) is 0 Å². The Morgan fingerprint density at radius 3 is 2.80 bits per heavy atom. The van der Waals surface area contributed by atoms with Crippen LogP contribution in [0.1, 0.15) is 30.7 Å². The van der Waals surface area contributed by atoms with Crippen LogP contribution in [-0.2, 0) is 20.1 Å². The molecule has 0 amide bonds. The first-order valence-electron chi connectivity index (χ1n) is 8.82. The molecule has 1 unspecified atom stereocenters. The van der Waals surface area contributed by atoms with Crippen molar-refractivity contribution in [1.29, 1.82) is 0 Å². The van der Waals surface area contributed by atoms with Gasteiger partial charge in [-0.3, -0.25) is 4.90 Å². The standard InChI is InChI=1S/C19H25FN4.ClH/c1-23-10-9-22-18(23)14-24(13-15-3-2-4-16(20)11-15)17-12-19(17)5-7-21-8-6-19;/h2-4,9-11,17,21H,5-8,12-14H2,1H3;1H. The van der Waals surface area contributed by atoms with Crippen LogP contribution in [0.25, 0.3) is 0 Å². The molecule has 4 rings (SSSR count). The highest BCUT2D eigenvalue weighted by molar-refractivity contribution is 5.85. The smallest absolute Gasteiger partial charge is 0.123 e. The van der Waals surface area contributed by atoms with Crippen molar-refractivity contribution >= 4 is 12.4 Å². The molecule has 25 heavy (non-hydrogen) atoms. The molecular formula is C19H26ClFN4. The monoisotopic (exact) mass is 364 g/mol. The Hall–Kier alpha value is -1.43. The fourth-order valence-corrected chi connectivity index (χ4v) is 4.18. The van der Waals surface area contributed by atoms with Gasteiger partial charge in [-0.15, -0.1) is 12.4 Å². The Labute approximate surface area is 154 Å². The molecule has 1 atom stereocenters. The lowest BCUT2D eigenvalue weighted by Gasteiger charge is -2.29. The van der Waals surface area contributed by atoms with E-state index in [0.29, 0.717) is 11.5 Å². The first-order chi connectivity index (χ1) is 11.7. The number of aromatic nitrogens is 2. The highest BCUT2D eigenvalue weighted by Gasteiger charge is 2.56. The molecule has 0 bridgehead atoms. The van der Waals surface area contributed by atoms with Gasteiger partial charge in [0.2, 0.25) is 0 Å². The quantitative estimate of drug-likeness (QED) is 0.884. The normalized spacial score (nSPS) is 21.3. The predicted molar refractivity (Wildman–Crippen MR) is 99.0 cm³/mol. The highest BCUT2D eigenvalue weighted by Crippen LogP contribution is 2.56. The first-order valence-corrected chi connectivity index (χ1v) is 8.82. The average Bonchev–Trinajstić information content (AvgIpc) is 3.10. The van der Waals surface area contributed by atoms with Crippen LogP contribution in [0.5, 0.6) is 0 Å². The maximum Gasteiger partial charge on any atom is 0.123 e. The molecule has 2 fully saturated rings. The Bertz CT molecular complexity index is 711. The molecule has 1 spiro atoms. The molecule has 1 N–H and O–H groups in total. The second-order valence-corrected chi connectivity index (χ2v) is 7.32. The summed E-state index contributed by atoms with van der Waals surface area (Å²) in [7, 11) is 2.04. The van der Waals surface area contributed by atoms with Crippen molar-refractivity contribution in [3.05, 3.63) is 53.9 Å². The van der Waals surface area contributed by atoms with Crippen molar-refractivity contribution < 1.29 is 4.39 Å². The van der Waals surface area contributed by atoms with Crippen LogP contribution in [0.3, 0.4) is 0 Å². The molecule has 2 heterocycles. The third-order valence-electron chi connectivity index (χ3n) is 5.73. The predicted octanol–water partition coefficient (Wildman–Crippen LogP) is 3.13. The van der Waals surface area contributed by atoms with Crippen LogP contribution < -0.4 is 5.32 Å². The van der Waals surface area contributed by atoms with Crippen LogP contribution in [0.4, 0.5) is 4.39 Å². The molecule has 1 aromatic carbocycles. The van der Waals surface area contributed by atoms with Crippen molar-refractivity contribution in [3.63, 3.8) is 0 Å². The van der Waals surface area contributed by atoms with Crippen LogP contribution in [0.15, 0.2) is 36.7 Å². The lowest BCUT2D eigenvalue weighted by atomic mass is 9.93. The number of imidazole rings is 1. The largest absolute Gasteiger partial charge is 0.337 e. The van der Waals surface area contributed by atoms with Gasteiger partial charge in [0.1, 0.15) is 11.6 Å². The van der Waals surface area contributed by atoms with E-state index in [2.05, 4.69) is 19.8 Å². The summed E-state index contributed by atoms with van der Waals surface area (Å²) in [5.74, 6) is 0.916. The maximum absolute atomic E-state index is 13.6. The van der Waals surface area contributed by atoms with Crippen molar-refractivity contribution in [2.45, 2.75) is 38.4 Å². The highest BCUT2D eigenvalue weighted by atomic mass is 35.5. The molecule has 1 aromatic heterocycles. The minimum Gasteiger partial charge on any atom is -0.337 e. The van der Waals surface area contributed by atoms with E-state index >= 15 is 0 Å². The topological polar surface area (TPSA) is 33.1 Å². The van der Waals surface area contributed by atoms with Crippen LogP contribution in [0.2, 0.25) is 0 Å². The molecule has 2 aliphatic rings. The van der Waals surface area contributed by atoms with E-state index in [1.807, 2.05) is 25.5 Å². The number of rotatable bonds is 5. The fraction of sp³-hybridized carbons (Fsp3) is 0.526. The summed E-state index contributed by atoms with van der Waals surface area (Å²) in [6.07, 6.45) is 7.59. The maximum atomic E-state index is 13.6. The Balaban J connectivity index is 0.00000182. The van der Waals surface area contributed by atoms with Gasteiger partial charge in [-0.25, -0.2) is 9.37 Å². The third kappa shape index (κ3) is 3.89. The summed E-state index contributed by atoms with van der Waals surface area (Å²) in [6, 6.07) is 7.57. The van der Waals surface area contributed by atoms with Gasteiger partial charge in [0, 0.05) is 32.0 Å². The second-order valence-electron chi connectivity index (χ2n) is 7.32. The molecule has 1 aliphatic heterocycles. The third-order valence-corrected chi connectivity index (χ3v) is 5.73. The summed E-state index contributed by atoms with van der Waals surface area (Å²) in [5.41, 5.74) is 1.50. The van der Waals surface area contributed by atoms with Gasteiger partial charge in [0.25, 0.3) is 0 Å². The lowest BCUT2D eigenvalue weighted by molar-refractivity contribution is 0.182. The zero-order chi connectivity index (χ0) is 16.6. The number of aryl methyl sites for hydroxylation is 1. The van der Waals surface area contributed by atoms with E-state index in [1.54, 1.807) is 12.1 Å². The number of hydrogen-bond acceptors (Lipinski definition) is 3. The Kier molecular flexibility index (Phi) is 5.46. The zero-order valence-electron chi connectivity index (χ0n) is 14.6. The van der Waals surface area contributed by atoms with Crippen LogP contribution in [-0.4, -0.2) is 33.6 Å². The average molecular weight is 365 g/mol. The van der Waals surface area contributed by atoms with E-state index < -0.39 is 0 Å². The van der Waals surface area contributed by atoms with Crippen molar-refractivity contribution in [1.82, 2.24) is 19.8 Å². The molecule has 1 saturated heterocycles. The van der Waals surface area contributed by atoms with E-state index in [9.17, 15) is 4.39 Å². The Morgan fingerprint density at radius 2 is 2.12 bits per heavy atom. The zero-order valence-corrected chi connectivity index (χ0v) is 15.4. The number of halogens is 2. The van der Waals surface area contributed by atoms with E-state index in [1.165, 1.54) is 25.3 Å². The SMILES string of the molecule is Cl.Cn1ccnc1CN(Cc1cccc(F)c1)C1CC12CCNCC2. The minimum absolute atomic E-state index is 0. The first kappa shape index (κ1) is 18.4. The van der Waals surface area contributed by atoms with Gasteiger partial charge in [-0.1, -0.05) is 12.1 Å². The summed E-state index contributed by atoms with van der Waals surface area (Å²) < 4.78 is 15.7. The molecule has 4 nitrogen and oxygen atoms in total. The second kappa shape index (κ2) is 7.44. The summed E-state index contributed by atoms with van der Waals surface area (Å²) in [4.78, 5) is 7.00. The van der Waals surface area contributed by atoms with Gasteiger partial charge in [0.05, 0.1) is 6.54 Å². The van der Waals surface area contributed by atoms with Crippen LogP contribution >= 0.6 is 12.4 Å². The summed E-state index contributed by atoms with van der Waals surface area (Å²) >= 11 is 0. The van der Waals surface area contributed by atoms with Gasteiger partial charge >= 0.3 is 0 Å². The van der Waals surface area contributed by atoms with Gasteiger partial charge < -0.3 is 9.88 Å². The number of nitrogens with zero attached hydrogens (tertiary/aromatic N) is 3. The minimum atomic E-state index is -0.156. The molecular weight excluding hydrogens is 339 g/mol. The molecule has 6 heteroatoms. The molecule has 0 radical (unpaired) electrons. The van der Waals surface area contributed by atoms with E-state index in [0.717, 1.165) is 37.6 Å². The van der Waals surface area contributed by atoms with Gasteiger partial charge in [-0.05, 0) is 55.5 Å². The van der Waals surface area contributed by atoms with Crippen molar-refractivity contribution in [3.8, 4) is 0 Å². The lowest BCUT2D eigenvalue weighted by Crippen LogP contribution is -2.36. The molecule has 1 saturated carbocycles. The fourth-order valence-electron chi connectivity index (χ4n) is 4.18. The van der Waals surface area contributed by atoms with Crippen LogP contribution in [0, 0.1) is 11.2 Å². The number of nitrogens with one attached hydrogen (secondary N) is 1. The summed E-state index contributed by atoms with van der Waals surface area (Å²) in [5, 5.41) is 3.47. The number of benzene rings is 1. The summed E-state index contributed by atoms with van der Waals surface area (Å²) in [6.45, 7) is 3.84. The number of hydrogen-bond donors (Lipinski definition) is 1. The van der Waals surface area contributed by atoms with E-state index in [4.69, 9.17) is 0 Å². The van der Waals surface area contributed by atoms with Crippen molar-refractivity contribution in [2.24, 2.45) is 12.5 Å². The number of piperidine rings is 1.